The van der Waals surface area contributed by atoms with Gasteiger partial charge in [0.15, 0.2) is 0 Å². The van der Waals surface area contributed by atoms with Gasteiger partial charge in [-0.05, 0) is 48.7 Å². The fourth-order valence-corrected chi connectivity index (χ4v) is 5.38. The Hall–Kier alpha value is -4.46. The summed E-state index contributed by atoms with van der Waals surface area (Å²) in [5, 5.41) is 18.7. The van der Waals surface area contributed by atoms with Gasteiger partial charge in [-0.15, -0.1) is 0 Å². The Kier molecular flexibility index (Phi) is 7.72. The Morgan fingerprint density at radius 3 is 2.23 bits per heavy atom. The number of amides is 1. The molecule has 5 rings (SSSR count). The molecule has 0 aliphatic heterocycles. The normalized spacial score (nSPS) is 13.8. The minimum absolute atomic E-state index is 0.105. The molecule has 8 nitrogen and oxygen atoms in total. The summed E-state index contributed by atoms with van der Waals surface area (Å²) >= 11 is 0. The van der Waals surface area contributed by atoms with Crippen molar-refractivity contribution in [3.05, 3.63) is 89.5 Å². The van der Waals surface area contributed by atoms with Gasteiger partial charge in [0.2, 0.25) is 0 Å². The van der Waals surface area contributed by atoms with Crippen molar-refractivity contribution < 1.29 is 24.6 Å². The summed E-state index contributed by atoms with van der Waals surface area (Å²) in [6.07, 6.45) is 5.41. The van der Waals surface area contributed by atoms with Crippen LogP contribution in [-0.2, 0) is 11.3 Å². The standard InChI is InChI=1S/C31H31N3O5/c35-28(36)17-18-33(20-21-7-3-1-4-8-21)30(37)23-13-11-22(12-14-23)29-32-26-19-24(31(38)39)15-16-27(26)34(29)25-9-5-2-6-10-25/h1,3-4,7-8,11-16,19,25H,2,5-6,9-10,17-18,20H2,(H,35,36)(H,38,39). The van der Waals surface area contributed by atoms with Gasteiger partial charge in [-0.2, -0.15) is 0 Å². The lowest BCUT2D eigenvalue weighted by molar-refractivity contribution is -0.137. The van der Waals surface area contributed by atoms with Crippen LogP contribution in [0.1, 0.15) is 70.8 Å². The van der Waals surface area contributed by atoms with Crippen LogP contribution in [0.25, 0.3) is 22.4 Å². The van der Waals surface area contributed by atoms with Crippen molar-refractivity contribution in [3.63, 3.8) is 0 Å². The second-order valence-corrected chi connectivity index (χ2v) is 10.0. The molecule has 1 aliphatic carbocycles. The lowest BCUT2D eigenvalue weighted by Crippen LogP contribution is -2.32. The van der Waals surface area contributed by atoms with Crippen molar-refractivity contribution in [2.24, 2.45) is 0 Å². The molecule has 0 saturated heterocycles. The largest absolute Gasteiger partial charge is 0.481 e. The fraction of sp³-hybridized carbons (Fsp3) is 0.290. The second kappa shape index (κ2) is 11.5. The van der Waals surface area contributed by atoms with Crippen molar-refractivity contribution in [1.82, 2.24) is 14.5 Å². The van der Waals surface area contributed by atoms with Gasteiger partial charge < -0.3 is 19.7 Å². The first-order valence-electron chi connectivity index (χ1n) is 13.3. The van der Waals surface area contributed by atoms with Crippen LogP contribution in [0.3, 0.4) is 0 Å². The zero-order chi connectivity index (χ0) is 27.4. The van der Waals surface area contributed by atoms with E-state index in [1.54, 1.807) is 29.2 Å². The van der Waals surface area contributed by atoms with Crippen LogP contribution < -0.4 is 0 Å². The van der Waals surface area contributed by atoms with E-state index in [1.807, 2.05) is 48.5 Å². The quantitative estimate of drug-likeness (QED) is 0.276. The lowest BCUT2D eigenvalue weighted by Gasteiger charge is -2.26. The zero-order valence-electron chi connectivity index (χ0n) is 21.6. The molecule has 0 atom stereocenters. The fourth-order valence-electron chi connectivity index (χ4n) is 5.38. The zero-order valence-corrected chi connectivity index (χ0v) is 21.6. The molecule has 200 valence electrons. The number of hydrogen-bond donors (Lipinski definition) is 2. The molecule has 1 aliphatic rings. The number of carbonyl (C=O) groups excluding carboxylic acids is 1. The predicted octanol–water partition coefficient (Wildman–Crippen LogP) is 6.02. The molecule has 1 aromatic heterocycles. The van der Waals surface area contributed by atoms with Crippen LogP contribution >= 0.6 is 0 Å². The molecule has 1 fully saturated rings. The van der Waals surface area contributed by atoms with Gasteiger partial charge in [0.25, 0.3) is 5.91 Å². The van der Waals surface area contributed by atoms with Gasteiger partial charge in [0.05, 0.1) is 23.0 Å². The minimum Gasteiger partial charge on any atom is -0.481 e. The van der Waals surface area contributed by atoms with Crippen LogP contribution in [-0.4, -0.2) is 49.1 Å². The number of aromatic carboxylic acids is 1. The Morgan fingerprint density at radius 2 is 1.56 bits per heavy atom. The number of benzene rings is 3. The lowest BCUT2D eigenvalue weighted by atomic mass is 9.94. The maximum absolute atomic E-state index is 13.4. The van der Waals surface area contributed by atoms with Crippen LogP contribution in [0, 0.1) is 0 Å². The van der Waals surface area contributed by atoms with Gasteiger partial charge in [0, 0.05) is 30.3 Å². The highest BCUT2D eigenvalue weighted by atomic mass is 16.4. The maximum Gasteiger partial charge on any atom is 0.335 e. The molecule has 1 heterocycles. The number of carboxylic acid groups (broad SMARTS) is 2. The van der Waals surface area contributed by atoms with Crippen molar-refractivity contribution in [2.75, 3.05) is 6.54 Å². The minimum atomic E-state index is -0.989. The highest BCUT2D eigenvalue weighted by Crippen LogP contribution is 2.36. The number of aliphatic carboxylic acids is 1. The van der Waals surface area contributed by atoms with Crippen LogP contribution in [0.5, 0.6) is 0 Å². The molecular weight excluding hydrogens is 494 g/mol. The Labute approximate surface area is 226 Å². The summed E-state index contributed by atoms with van der Waals surface area (Å²) < 4.78 is 2.23. The van der Waals surface area contributed by atoms with E-state index in [1.165, 1.54) is 6.42 Å². The van der Waals surface area contributed by atoms with E-state index in [9.17, 15) is 24.6 Å². The first-order valence-corrected chi connectivity index (χ1v) is 13.3. The Bertz CT molecular complexity index is 1490. The smallest absolute Gasteiger partial charge is 0.335 e. The molecule has 0 unspecified atom stereocenters. The summed E-state index contributed by atoms with van der Waals surface area (Å²) in [6.45, 7) is 0.423. The first-order chi connectivity index (χ1) is 18.9. The number of nitrogens with zero attached hydrogens (tertiary/aromatic N) is 3. The highest BCUT2D eigenvalue weighted by Gasteiger charge is 2.24. The average molecular weight is 526 g/mol. The molecule has 0 spiro atoms. The van der Waals surface area contributed by atoms with Gasteiger partial charge in [0.1, 0.15) is 5.82 Å². The van der Waals surface area contributed by atoms with Crippen molar-refractivity contribution in [2.45, 2.75) is 51.1 Å². The Morgan fingerprint density at radius 1 is 0.872 bits per heavy atom. The molecule has 1 saturated carbocycles. The summed E-state index contributed by atoms with van der Waals surface area (Å²) in [4.78, 5) is 42.6. The van der Waals surface area contributed by atoms with Gasteiger partial charge in [-0.1, -0.05) is 61.7 Å². The number of aromatic nitrogens is 2. The summed E-state index contributed by atoms with van der Waals surface area (Å²) in [7, 11) is 0. The summed E-state index contributed by atoms with van der Waals surface area (Å²) in [5.74, 6) is -1.43. The highest BCUT2D eigenvalue weighted by molar-refractivity contribution is 5.95. The van der Waals surface area contributed by atoms with Crippen molar-refractivity contribution >= 4 is 28.9 Å². The number of carboxylic acids is 2. The third-order valence-electron chi connectivity index (χ3n) is 7.37. The maximum atomic E-state index is 13.4. The second-order valence-electron chi connectivity index (χ2n) is 10.0. The molecular formula is C31H31N3O5. The number of fused-ring (bicyclic) bond motifs is 1. The third-order valence-corrected chi connectivity index (χ3v) is 7.37. The molecule has 0 radical (unpaired) electrons. The van der Waals surface area contributed by atoms with E-state index in [-0.39, 0.29) is 30.5 Å². The van der Waals surface area contributed by atoms with Gasteiger partial charge in [-0.25, -0.2) is 9.78 Å². The van der Waals surface area contributed by atoms with Gasteiger partial charge in [-0.3, -0.25) is 9.59 Å². The number of carbonyl (C=O) groups is 3. The van der Waals surface area contributed by atoms with E-state index in [2.05, 4.69) is 4.57 Å². The molecule has 39 heavy (non-hydrogen) atoms. The van der Waals surface area contributed by atoms with Crippen molar-refractivity contribution in [1.29, 1.82) is 0 Å². The average Bonchev–Trinajstić information content (AvgIpc) is 3.35. The third kappa shape index (κ3) is 5.85. The summed E-state index contributed by atoms with van der Waals surface area (Å²) in [6, 6.07) is 22.1. The molecule has 4 aromatic rings. The van der Waals surface area contributed by atoms with E-state index in [4.69, 9.17) is 4.98 Å². The molecule has 1 amide bonds. The summed E-state index contributed by atoms with van der Waals surface area (Å²) in [5.41, 5.74) is 3.97. The van der Waals surface area contributed by atoms with Crippen molar-refractivity contribution in [3.8, 4) is 11.4 Å². The van der Waals surface area contributed by atoms with E-state index in [0.717, 1.165) is 48.2 Å². The Balaban J connectivity index is 1.47. The number of imidazole rings is 1. The van der Waals surface area contributed by atoms with Crippen LogP contribution in [0.4, 0.5) is 0 Å². The van der Waals surface area contributed by atoms with Crippen LogP contribution in [0.2, 0.25) is 0 Å². The van der Waals surface area contributed by atoms with Gasteiger partial charge >= 0.3 is 11.9 Å². The van der Waals surface area contributed by atoms with E-state index < -0.39 is 11.9 Å². The predicted molar refractivity (Wildman–Crippen MR) is 148 cm³/mol. The van der Waals surface area contributed by atoms with E-state index in [0.29, 0.717) is 17.6 Å². The monoisotopic (exact) mass is 525 g/mol. The van der Waals surface area contributed by atoms with Crippen LogP contribution in [0.15, 0.2) is 72.8 Å². The topological polar surface area (TPSA) is 113 Å². The SMILES string of the molecule is O=C(O)CCN(Cc1ccccc1)C(=O)c1ccc(-c2nc3cc(C(=O)O)ccc3n2C2CCCCC2)cc1. The molecule has 8 heteroatoms. The first kappa shape index (κ1) is 26.2. The number of hydrogen-bond acceptors (Lipinski definition) is 4. The molecule has 0 bridgehead atoms. The number of rotatable bonds is 9. The van der Waals surface area contributed by atoms with E-state index >= 15 is 0 Å². The molecule has 3 aromatic carbocycles. The molecule has 2 N–H and O–H groups in total.